The van der Waals surface area contributed by atoms with Gasteiger partial charge in [-0.1, -0.05) is 17.7 Å². The SMILES string of the molecule is CCOC(=O)CCN(C)C(=O)C(=O)Nc1ccc(C)cc1. The monoisotopic (exact) mass is 292 g/mol. The highest BCUT2D eigenvalue weighted by Crippen LogP contribution is 2.08. The van der Waals surface area contributed by atoms with Crippen LogP contribution in [0.4, 0.5) is 5.69 Å². The summed E-state index contributed by atoms with van der Waals surface area (Å²) in [7, 11) is 1.47. The average Bonchev–Trinajstić information content (AvgIpc) is 2.46. The average molecular weight is 292 g/mol. The van der Waals surface area contributed by atoms with Crippen molar-refractivity contribution < 1.29 is 19.1 Å². The van der Waals surface area contributed by atoms with Crippen LogP contribution in [0.25, 0.3) is 0 Å². The minimum Gasteiger partial charge on any atom is -0.466 e. The fourth-order valence-corrected chi connectivity index (χ4v) is 1.59. The Balaban J connectivity index is 2.47. The summed E-state index contributed by atoms with van der Waals surface area (Å²) in [6.07, 6.45) is 0.0634. The van der Waals surface area contributed by atoms with Gasteiger partial charge < -0.3 is 15.0 Å². The molecular weight excluding hydrogens is 272 g/mol. The molecule has 0 radical (unpaired) electrons. The number of nitrogens with zero attached hydrogens (tertiary/aromatic N) is 1. The zero-order valence-corrected chi connectivity index (χ0v) is 12.5. The highest BCUT2D eigenvalue weighted by Gasteiger charge is 2.19. The molecule has 1 aromatic carbocycles. The van der Waals surface area contributed by atoms with Gasteiger partial charge in [0.05, 0.1) is 13.0 Å². The van der Waals surface area contributed by atoms with Gasteiger partial charge in [-0.15, -0.1) is 0 Å². The number of nitrogens with one attached hydrogen (secondary N) is 1. The first-order valence-corrected chi connectivity index (χ1v) is 6.72. The molecule has 0 spiro atoms. The van der Waals surface area contributed by atoms with Crippen molar-refractivity contribution in [2.45, 2.75) is 20.3 Å². The Hall–Kier alpha value is -2.37. The quantitative estimate of drug-likeness (QED) is 0.656. The number of hydrogen-bond donors (Lipinski definition) is 1. The van der Waals surface area contributed by atoms with Gasteiger partial charge in [-0.2, -0.15) is 0 Å². The number of hydrogen-bond acceptors (Lipinski definition) is 4. The van der Waals surface area contributed by atoms with Crippen LogP contribution in [0.2, 0.25) is 0 Å². The minimum atomic E-state index is -0.731. The maximum absolute atomic E-state index is 11.8. The van der Waals surface area contributed by atoms with Gasteiger partial charge in [-0.3, -0.25) is 14.4 Å². The van der Waals surface area contributed by atoms with E-state index in [9.17, 15) is 14.4 Å². The first-order valence-electron chi connectivity index (χ1n) is 6.72. The van der Waals surface area contributed by atoms with Crippen LogP contribution in [0, 0.1) is 6.92 Å². The summed E-state index contributed by atoms with van der Waals surface area (Å²) in [5.74, 6) is -1.82. The number of aryl methyl sites for hydroxylation is 1. The van der Waals surface area contributed by atoms with E-state index < -0.39 is 17.8 Å². The van der Waals surface area contributed by atoms with Gasteiger partial charge in [0, 0.05) is 19.3 Å². The number of ether oxygens (including phenoxy) is 1. The number of carbonyl (C=O) groups is 3. The molecule has 0 aliphatic rings. The Kier molecular flexibility index (Phi) is 6.39. The lowest BCUT2D eigenvalue weighted by Crippen LogP contribution is -2.38. The molecule has 0 saturated carbocycles. The number of esters is 1. The lowest BCUT2D eigenvalue weighted by Gasteiger charge is -2.16. The zero-order chi connectivity index (χ0) is 15.8. The van der Waals surface area contributed by atoms with E-state index in [1.54, 1.807) is 19.1 Å². The maximum Gasteiger partial charge on any atom is 0.313 e. The summed E-state index contributed by atoms with van der Waals surface area (Å²) in [4.78, 5) is 36.0. The Morgan fingerprint density at radius 1 is 1.19 bits per heavy atom. The van der Waals surface area contributed by atoms with Crippen LogP contribution < -0.4 is 5.32 Å². The summed E-state index contributed by atoms with van der Waals surface area (Å²) in [5, 5.41) is 2.52. The second-order valence-electron chi connectivity index (χ2n) is 4.60. The molecule has 0 unspecified atom stereocenters. The Morgan fingerprint density at radius 3 is 2.38 bits per heavy atom. The number of carbonyl (C=O) groups excluding carboxylic acids is 3. The number of anilines is 1. The predicted molar refractivity (Wildman–Crippen MR) is 78.7 cm³/mol. The molecule has 0 saturated heterocycles. The fraction of sp³-hybridized carbons (Fsp3) is 0.400. The molecule has 1 aromatic rings. The van der Waals surface area contributed by atoms with E-state index in [0.717, 1.165) is 5.56 Å². The molecule has 1 N–H and O–H groups in total. The Labute approximate surface area is 124 Å². The minimum absolute atomic E-state index is 0.0634. The normalized spacial score (nSPS) is 9.86. The summed E-state index contributed by atoms with van der Waals surface area (Å²) < 4.78 is 4.76. The third-order valence-corrected chi connectivity index (χ3v) is 2.81. The highest BCUT2D eigenvalue weighted by atomic mass is 16.5. The van der Waals surface area contributed by atoms with Crippen molar-refractivity contribution in [3.63, 3.8) is 0 Å². The summed E-state index contributed by atoms with van der Waals surface area (Å²) in [6.45, 7) is 4.07. The van der Waals surface area contributed by atoms with Crippen LogP contribution in [-0.4, -0.2) is 42.9 Å². The number of amides is 2. The van der Waals surface area contributed by atoms with Gasteiger partial charge in [0.2, 0.25) is 0 Å². The van der Waals surface area contributed by atoms with Crippen molar-refractivity contribution in [3.8, 4) is 0 Å². The van der Waals surface area contributed by atoms with E-state index in [2.05, 4.69) is 5.32 Å². The summed E-state index contributed by atoms with van der Waals surface area (Å²) in [6, 6.07) is 7.12. The molecule has 0 aromatic heterocycles. The molecule has 21 heavy (non-hydrogen) atoms. The van der Waals surface area contributed by atoms with Crippen LogP contribution >= 0.6 is 0 Å². The van der Waals surface area contributed by atoms with E-state index >= 15 is 0 Å². The number of likely N-dealkylation sites (N-methyl/N-ethyl adjacent to an activating group) is 1. The van der Waals surface area contributed by atoms with E-state index in [-0.39, 0.29) is 13.0 Å². The van der Waals surface area contributed by atoms with Gasteiger partial charge in [-0.05, 0) is 26.0 Å². The van der Waals surface area contributed by atoms with Crippen LogP contribution in [0.5, 0.6) is 0 Å². The smallest absolute Gasteiger partial charge is 0.313 e. The summed E-state index contributed by atoms with van der Waals surface area (Å²) in [5.41, 5.74) is 1.61. The number of benzene rings is 1. The topological polar surface area (TPSA) is 75.7 Å². The largest absolute Gasteiger partial charge is 0.466 e. The van der Waals surface area contributed by atoms with E-state index in [1.165, 1.54) is 11.9 Å². The Bertz CT molecular complexity index is 511. The molecule has 0 fully saturated rings. The van der Waals surface area contributed by atoms with Crippen molar-refractivity contribution in [2.24, 2.45) is 0 Å². The van der Waals surface area contributed by atoms with E-state index in [1.807, 2.05) is 19.1 Å². The van der Waals surface area contributed by atoms with Gasteiger partial charge in [-0.25, -0.2) is 0 Å². The molecule has 0 heterocycles. The molecule has 0 bridgehead atoms. The molecule has 0 aliphatic carbocycles. The van der Waals surface area contributed by atoms with E-state index in [4.69, 9.17) is 4.74 Å². The van der Waals surface area contributed by atoms with Crippen molar-refractivity contribution in [2.75, 3.05) is 25.5 Å². The standard InChI is InChI=1S/C15H20N2O4/c1-4-21-13(18)9-10-17(3)15(20)14(19)16-12-7-5-11(2)6-8-12/h5-8H,4,9-10H2,1-3H3,(H,16,19). The number of rotatable bonds is 5. The summed E-state index contributed by atoms with van der Waals surface area (Å²) >= 11 is 0. The van der Waals surface area contributed by atoms with Gasteiger partial charge in [0.15, 0.2) is 0 Å². The van der Waals surface area contributed by atoms with Gasteiger partial charge in [0.25, 0.3) is 0 Å². The third kappa shape index (κ3) is 5.64. The van der Waals surface area contributed by atoms with Crippen molar-refractivity contribution in [3.05, 3.63) is 29.8 Å². The molecule has 6 heteroatoms. The van der Waals surface area contributed by atoms with Gasteiger partial charge in [0.1, 0.15) is 0 Å². The third-order valence-electron chi connectivity index (χ3n) is 2.81. The molecule has 0 atom stereocenters. The molecular formula is C15H20N2O4. The predicted octanol–water partition coefficient (Wildman–Crippen LogP) is 1.35. The van der Waals surface area contributed by atoms with Crippen LogP contribution in [0.1, 0.15) is 18.9 Å². The molecule has 2 amide bonds. The molecule has 6 nitrogen and oxygen atoms in total. The first-order chi connectivity index (χ1) is 9.93. The second kappa shape index (κ2) is 8.04. The van der Waals surface area contributed by atoms with Crippen LogP contribution in [0.3, 0.4) is 0 Å². The first kappa shape index (κ1) is 16.7. The lowest BCUT2D eigenvalue weighted by molar-refractivity contribution is -0.146. The maximum atomic E-state index is 11.8. The molecule has 114 valence electrons. The highest BCUT2D eigenvalue weighted by molar-refractivity contribution is 6.39. The molecule has 1 rings (SSSR count). The van der Waals surface area contributed by atoms with Crippen molar-refractivity contribution >= 4 is 23.5 Å². The van der Waals surface area contributed by atoms with Gasteiger partial charge >= 0.3 is 17.8 Å². The zero-order valence-electron chi connectivity index (χ0n) is 12.5. The fourth-order valence-electron chi connectivity index (χ4n) is 1.59. The lowest BCUT2D eigenvalue weighted by atomic mass is 10.2. The van der Waals surface area contributed by atoms with E-state index in [0.29, 0.717) is 12.3 Å². The van der Waals surface area contributed by atoms with Crippen molar-refractivity contribution in [1.82, 2.24) is 4.90 Å². The van der Waals surface area contributed by atoms with Crippen LogP contribution in [-0.2, 0) is 19.1 Å². The van der Waals surface area contributed by atoms with Crippen molar-refractivity contribution in [1.29, 1.82) is 0 Å². The Morgan fingerprint density at radius 2 is 1.81 bits per heavy atom. The second-order valence-corrected chi connectivity index (χ2v) is 4.60. The molecule has 0 aliphatic heterocycles. The van der Waals surface area contributed by atoms with Crippen LogP contribution in [0.15, 0.2) is 24.3 Å².